The molecule has 7 heteroatoms. The maximum atomic E-state index is 12.0. The highest BCUT2D eigenvalue weighted by Gasteiger charge is 2.12. The molecule has 0 aliphatic heterocycles. The van der Waals surface area contributed by atoms with E-state index in [4.69, 9.17) is 0 Å². The largest absolute Gasteiger partial charge is 0.507 e. The minimum atomic E-state index is -0.660. The third-order valence-corrected chi connectivity index (χ3v) is 3.64. The van der Waals surface area contributed by atoms with Gasteiger partial charge in [0.1, 0.15) is 5.75 Å². The predicted octanol–water partition coefficient (Wildman–Crippen LogP) is 1.20. The Bertz CT molecular complexity index is 818. The van der Waals surface area contributed by atoms with Gasteiger partial charge in [0.05, 0.1) is 12.1 Å². The molecule has 0 saturated carbocycles. The first-order chi connectivity index (χ1) is 11.9. The Kier molecular flexibility index (Phi) is 5.73. The quantitative estimate of drug-likeness (QED) is 0.627. The minimum absolute atomic E-state index is 0.0296. The summed E-state index contributed by atoms with van der Waals surface area (Å²) in [6.45, 7) is 3.54. The Labute approximate surface area is 145 Å². The maximum Gasteiger partial charge on any atom is 0.273 e. The van der Waals surface area contributed by atoms with Crippen molar-refractivity contribution in [2.24, 2.45) is 0 Å². The summed E-state index contributed by atoms with van der Waals surface area (Å²) in [6, 6.07) is 11.2. The molecule has 0 unspecified atom stereocenters. The van der Waals surface area contributed by atoms with Crippen molar-refractivity contribution < 1.29 is 19.5 Å². The normalized spacial score (nSPS) is 10.0. The zero-order chi connectivity index (χ0) is 18.4. The molecule has 25 heavy (non-hydrogen) atoms. The third kappa shape index (κ3) is 4.81. The highest BCUT2D eigenvalue weighted by molar-refractivity contribution is 5.99. The summed E-state index contributed by atoms with van der Waals surface area (Å²) in [6.07, 6.45) is 0. The standard InChI is InChI=1S/C18H19N3O4/c1-11-7-8-13(9-12(11)2)17(24)19-10-16(23)20-21-18(25)14-5-3-4-6-15(14)22/h3-9,22H,10H2,1-2H3,(H,19,24)(H,20,23)(H,21,25). The van der Waals surface area contributed by atoms with Crippen molar-refractivity contribution in [3.05, 3.63) is 64.7 Å². The molecule has 0 atom stereocenters. The van der Waals surface area contributed by atoms with Gasteiger partial charge in [0, 0.05) is 5.56 Å². The fourth-order valence-electron chi connectivity index (χ4n) is 2.05. The number of carbonyl (C=O) groups is 3. The Balaban J connectivity index is 1.82. The lowest BCUT2D eigenvalue weighted by molar-refractivity contribution is -0.120. The number of amides is 3. The van der Waals surface area contributed by atoms with Crippen LogP contribution in [-0.2, 0) is 4.79 Å². The Morgan fingerprint density at radius 1 is 0.920 bits per heavy atom. The van der Waals surface area contributed by atoms with E-state index in [1.807, 2.05) is 19.9 Å². The van der Waals surface area contributed by atoms with E-state index in [0.717, 1.165) is 11.1 Å². The highest BCUT2D eigenvalue weighted by Crippen LogP contribution is 2.14. The van der Waals surface area contributed by atoms with E-state index in [1.165, 1.54) is 12.1 Å². The molecule has 4 N–H and O–H groups in total. The monoisotopic (exact) mass is 341 g/mol. The zero-order valence-corrected chi connectivity index (χ0v) is 13.9. The number of phenols is 1. The van der Waals surface area contributed by atoms with Crippen molar-refractivity contribution in [2.45, 2.75) is 13.8 Å². The van der Waals surface area contributed by atoms with Gasteiger partial charge >= 0.3 is 0 Å². The zero-order valence-electron chi connectivity index (χ0n) is 13.9. The number of aromatic hydroxyl groups is 1. The topological polar surface area (TPSA) is 108 Å². The molecule has 0 aliphatic rings. The molecule has 2 aromatic carbocycles. The lowest BCUT2D eigenvalue weighted by Gasteiger charge is -2.10. The average molecular weight is 341 g/mol. The van der Waals surface area contributed by atoms with E-state index < -0.39 is 11.8 Å². The number of hydrogen-bond acceptors (Lipinski definition) is 4. The van der Waals surface area contributed by atoms with Gasteiger partial charge in [-0.2, -0.15) is 0 Å². The summed E-state index contributed by atoms with van der Waals surface area (Å²) in [5.41, 5.74) is 6.87. The van der Waals surface area contributed by atoms with Crippen LogP contribution in [-0.4, -0.2) is 29.4 Å². The number of hydrogen-bond donors (Lipinski definition) is 4. The second-order valence-electron chi connectivity index (χ2n) is 5.50. The van der Waals surface area contributed by atoms with Gasteiger partial charge in [0.15, 0.2) is 0 Å². The van der Waals surface area contributed by atoms with Gasteiger partial charge < -0.3 is 10.4 Å². The maximum absolute atomic E-state index is 12.0. The van der Waals surface area contributed by atoms with E-state index >= 15 is 0 Å². The van der Waals surface area contributed by atoms with Crippen molar-refractivity contribution in [1.29, 1.82) is 0 Å². The van der Waals surface area contributed by atoms with Crippen molar-refractivity contribution in [3.8, 4) is 5.75 Å². The number of aryl methyl sites for hydroxylation is 2. The first kappa shape index (κ1) is 18.0. The minimum Gasteiger partial charge on any atom is -0.507 e. The average Bonchev–Trinajstić information content (AvgIpc) is 2.60. The summed E-state index contributed by atoms with van der Waals surface area (Å²) in [4.78, 5) is 35.5. The van der Waals surface area contributed by atoms with Gasteiger partial charge in [-0.05, 0) is 49.2 Å². The molecule has 0 spiro atoms. The summed E-state index contributed by atoms with van der Waals surface area (Å²) >= 11 is 0. The molecule has 7 nitrogen and oxygen atoms in total. The molecule has 0 aliphatic carbocycles. The predicted molar refractivity (Wildman–Crippen MR) is 92.0 cm³/mol. The summed E-state index contributed by atoms with van der Waals surface area (Å²) < 4.78 is 0. The molecule has 2 aromatic rings. The third-order valence-electron chi connectivity index (χ3n) is 3.64. The Hall–Kier alpha value is -3.35. The molecule has 0 radical (unpaired) electrons. The van der Waals surface area contributed by atoms with Gasteiger partial charge in [0.25, 0.3) is 17.7 Å². The van der Waals surface area contributed by atoms with E-state index in [1.54, 1.807) is 24.3 Å². The van der Waals surface area contributed by atoms with Crippen LogP contribution in [0.3, 0.4) is 0 Å². The molecule has 0 heterocycles. The van der Waals surface area contributed by atoms with Crippen molar-refractivity contribution in [3.63, 3.8) is 0 Å². The number of para-hydroxylation sites is 1. The fourth-order valence-corrected chi connectivity index (χ4v) is 2.05. The number of carbonyl (C=O) groups excluding carboxylic acids is 3. The van der Waals surface area contributed by atoms with Crippen molar-refractivity contribution >= 4 is 17.7 Å². The van der Waals surface area contributed by atoms with Crippen LogP contribution in [0.15, 0.2) is 42.5 Å². The van der Waals surface area contributed by atoms with Crippen LogP contribution >= 0.6 is 0 Å². The van der Waals surface area contributed by atoms with Gasteiger partial charge in [-0.15, -0.1) is 0 Å². The number of phenolic OH excluding ortho intramolecular Hbond substituents is 1. The van der Waals surface area contributed by atoms with Gasteiger partial charge in [-0.3, -0.25) is 25.2 Å². The summed E-state index contributed by atoms with van der Waals surface area (Å²) in [5.74, 6) is -1.84. The van der Waals surface area contributed by atoms with E-state index in [2.05, 4.69) is 16.2 Å². The molecule has 0 fully saturated rings. The van der Waals surface area contributed by atoms with Crippen LogP contribution in [0.2, 0.25) is 0 Å². The van der Waals surface area contributed by atoms with Crippen molar-refractivity contribution in [1.82, 2.24) is 16.2 Å². The van der Waals surface area contributed by atoms with Crippen LogP contribution < -0.4 is 16.2 Å². The molecule has 3 amide bonds. The lowest BCUT2D eigenvalue weighted by atomic mass is 10.1. The lowest BCUT2D eigenvalue weighted by Crippen LogP contribution is -2.46. The molecule has 0 aromatic heterocycles. The molecule has 130 valence electrons. The highest BCUT2D eigenvalue weighted by atomic mass is 16.3. The van der Waals surface area contributed by atoms with E-state index in [9.17, 15) is 19.5 Å². The Morgan fingerprint density at radius 2 is 1.64 bits per heavy atom. The summed E-state index contributed by atoms with van der Waals surface area (Å²) in [7, 11) is 0. The van der Waals surface area contributed by atoms with Crippen LogP contribution in [0.5, 0.6) is 5.75 Å². The summed E-state index contributed by atoms with van der Waals surface area (Å²) in [5, 5.41) is 12.0. The van der Waals surface area contributed by atoms with Crippen LogP contribution in [0.25, 0.3) is 0 Å². The Morgan fingerprint density at radius 3 is 2.32 bits per heavy atom. The number of hydrazine groups is 1. The smallest absolute Gasteiger partial charge is 0.273 e. The number of benzene rings is 2. The van der Waals surface area contributed by atoms with Crippen LogP contribution in [0.4, 0.5) is 0 Å². The molecule has 0 saturated heterocycles. The van der Waals surface area contributed by atoms with Crippen LogP contribution in [0.1, 0.15) is 31.8 Å². The SMILES string of the molecule is Cc1ccc(C(=O)NCC(=O)NNC(=O)c2ccccc2O)cc1C. The molecule has 2 rings (SSSR count). The molecular weight excluding hydrogens is 322 g/mol. The molecule has 0 bridgehead atoms. The number of nitrogens with one attached hydrogen (secondary N) is 3. The second kappa shape index (κ2) is 7.96. The fraction of sp³-hybridized carbons (Fsp3) is 0.167. The van der Waals surface area contributed by atoms with E-state index in [0.29, 0.717) is 5.56 Å². The van der Waals surface area contributed by atoms with E-state index in [-0.39, 0.29) is 23.8 Å². The number of rotatable bonds is 4. The second-order valence-corrected chi connectivity index (χ2v) is 5.50. The first-order valence-electron chi connectivity index (χ1n) is 7.61. The van der Waals surface area contributed by atoms with Crippen molar-refractivity contribution in [2.75, 3.05) is 6.54 Å². The first-order valence-corrected chi connectivity index (χ1v) is 7.61. The van der Waals surface area contributed by atoms with Gasteiger partial charge in [-0.1, -0.05) is 18.2 Å². The van der Waals surface area contributed by atoms with Crippen LogP contribution in [0, 0.1) is 13.8 Å². The van der Waals surface area contributed by atoms with Gasteiger partial charge in [0.2, 0.25) is 0 Å². The molecular formula is C18H19N3O4. The van der Waals surface area contributed by atoms with Gasteiger partial charge in [-0.25, -0.2) is 0 Å².